The average molecular weight is 383 g/mol. The molecule has 0 radical (unpaired) electrons. The Morgan fingerprint density at radius 2 is 1.36 bits per heavy atom. The third kappa shape index (κ3) is 6.02. The molecule has 0 saturated carbocycles. The predicted octanol–water partition coefficient (Wildman–Crippen LogP) is 4.79. The molecule has 0 aliphatic carbocycles. The van der Waals surface area contributed by atoms with Gasteiger partial charge in [-0.1, -0.05) is 67.6 Å². The molecule has 0 fully saturated rings. The minimum atomic E-state index is -0.496. The van der Waals surface area contributed by atoms with Crippen molar-refractivity contribution >= 4 is 6.29 Å². The first-order chi connectivity index (χ1) is 13.4. The summed E-state index contributed by atoms with van der Waals surface area (Å²) in [5.41, 5.74) is 1.39. The van der Waals surface area contributed by atoms with Crippen LogP contribution in [0.3, 0.4) is 0 Å². The van der Waals surface area contributed by atoms with Crippen LogP contribution in [0.1, 0.15) is 63.5 Å². The number of aliphatic hydroxyl groups is 2. The van der Waals surface area contributed by atoms with Crippen LogP contribution in [0.5, 0.6) is 0 Å². The molecule has 3 nitrogen and oxygen atoms in total. The number of hydrogen-bond acceptors (Lipinski definition) is 3. The molecule has 28 heavy (non-hydrogen) atoms. The third-order valence-corrected chi connectivity index (χ3v) is 6.01. The van der Waals surface area contributed by atoms with Crippen molar-refractivity contribution in [3.8, 4) is 0 Å². The van der Waals surface area contributed by atoms with Crippen molar-refractivity contribution in [2.24, 2.45) is 0 Å². The smallest absolute Gasteiger partial charge is 0.130 e. The van der Waals surface area contributed by atoms with E-state index in [1.54, 1.807) is 0 Å². The van der Waals surface area contributed by atoms with Crippen LogP contribution in [-0.2, 0) is 15.6 Å². The normalized spacial score (nSPS) is 16.7. The van der Waals surface area contributed by atoms with Gasteiger partial charge in [0.25, 0.3) is 0 Å². The van der Waals surface area contributed by atoms with Crippen LogP contribution in [0, 0.1) is 0 Å². The SMILES string of the molecule is CC(C=O)(CCCC(O)CCCC(C)(CO)c1ccccc1)c1ccccc1. The first-order valence-corrected chi connectivity index (χ1v) is 10.3. The number of aldehydes is 1. The second-order valence-electron chi connectivity index (χ2n) is 8.42. The molecule has 0 aromatic heterocycles. The minimum Gasteiger partial charge on any atom is -0.395 e. The number of carbonyl (C=O) groups excluding carboxylic acids is 1. The number of aliphatic hydroxyl groups excluding tert-OH is 2. The van der Waals surface area contributed by atoms with Crippen LogP contribution in [0.4, 0.5) is 0 Å². The Bertz CT molecular complexity index is 700. The quantitative estimate of drug-likeness (QED) is 0.519. The van der Waals surface area contributed by atoms with Gasteiger partial charge in [-0.25, -0.2) is 0 Å². The van der Waals surface area contributed by atoms with E-state index in [0.717, 1.165) is 43.1 Å². The fourth-order valence-corrected chi connectivity index (χ4v) is 3.82. The van der Waals surface area contributed by atoms with Gasteiger partial charge in [0.2, 0.25) is 0 Å². The van der Waals surface area contributed by atoms with Crippen molar-refractivity contribution in [2.75, 3.05) is 6.61 Å². The van der Waals surface area contributed by atoms with Gasteiger partial charge in [0.15, 0.2) is 0 Å². The van der Waals surface area contributed by atoms with Crippen LogP contribution in [-0.4, -0.2) is 29.2 Å². The average Bonchev–Trinajstić information content (AvgIpc) is 2.74. The Kier molecular flexibility index (Phi) is 8.40. The lowest BCUT2D eigenvalue weighted by atomic mass is 9.78. The van der Waals surface area contributed by atoms with E-state index in [0.29, 0.717) is 12.8 Å². The number of carbonyl (C=O) groups is 1. The Labute approximate surface area is 169 Å². The Balaban J connectivity index is 1.78. The highest BCUT2D eigenvalue weighted by Gasteiger charge is 2.27. The zero-order chi connectivity index (χ0) is 20.5. The highest BCUT2D eigenvalue weighted by molar-refractivity contribution is 5.67. The molecule has 0 amide bonds. The van der Waals surface area contributed by atoms with Gasteiger partial charge in [-0.15, -0.1) is 0 Å². The van der Waals surface area contributed by atoms with Crippen molar-refractivity contribution in [3.05, 3.63) is 71.8 Å². The van der Waals surface area contributed by atoms with Crippen molar-refractivity contribution in [2.45, 2.75) is 69.3 Å². The van der Waals surface area contributed by atoms with Crippen molar-refractivity contribution < 1.29 is 15.0 Å². The highest BCUT2D eigenvalue weighted by atomic mass is 16.3. The van der Waals surface area contributed by atoms with E-state index in [9.17, 15) is 15.0 Å². The second kappa shape index (κ2) is 10.5. The summed E-state index contributed by atoms with van der Waals surface area (Å²) < 4.78 is 0. The van der Waals surface area contributed by atoms with Crippen LogP contribution in [0.25, 0.3) is 0 Å². The van der Waals surface area contributed by atoms with E-state index < -0.39 is 5.41 Å². The van der Waals surface area contributed by atoms with E-state index in [1.807, 2.05) is 55.5 Å². The van der Waals surface area contributed by atoms with Crippen LogP contribution in [0.15, 0.2) is 60.7 Å². The minimum absolute atomic E-state index is 0.0991. The van der Waals surface area contributed by atoms with Crippen LogP contribution < -0.4 is 0 Å². The van der Waals surface area contributed by atoms with E-state index >= 15 is 0 Å². The van der Waals surface area contributed by atoms with E-state index in [4.69, 9.17) is 0 Å². The molecule has 0 heterocycles. The van der Waals surface area contributed by atoms with Crippen LogP contribution in [0.2, 0.25) is 0 Å². The van der Waals surface area contributed by atoms with Gasteiger partial charge in [0, 0.05) is 10.8 Å². The summed E-state index contributed by atoms with van der Waals surface area (Å²) in [5, 5.41) is 20.3. The fraction of sp³-hybridized carbons (Fsp3) is 0.480. The van der Waals surface area contributed by atoms with Gasteiger partial charge in [0.05, 0.1) is 12.7 Å². The van der Waals surface area contributed by atoms with Crippen LogP contribution >= 0.6 is 0 Å². The summed E-state index contributed by atoms with van der Waals surface area (Å²) in [5.74, 6) is 0. The third-order valence-electron chi connectivity index (χ3n) is 6.01. The summed E-state index contributed by atoms with van der Waals surface area (Å²) >= 11 is 0. The molecule has 2 N–H and O–H groups in total. The number of hydrogen-bond donors (Lipinski definition) is 2. The Hall–Kier alpha value is -1.97. The maximum atomic E-state index is 11.7. The molecule has 0 spiro atoms. The molecule has 3 unspecified atom stereocenters. The Morgan fingerprint density at radius 1 is 0.857 bits per heavy atom. The van der Waals surface area contributed by atoms with Gasteiger partial charge in [-0.2, -0.15) is 0 Å². The van der Waals surface area contributed by atoms with E-state index in [2.05, 4.69) is 19.1 Å². The monoisotopic (exact) mass is 382 g/mol. The molecule has 152 valence electrons. The maximum Gasteiger partial charge on any atom is 0.130 e. The predicted molar refractivity (Wildman–Crippen MR) is 114 cm³/mol. The van der Waals surface area contributed by atoms with Crippen molar-refractivity contribution in [1.82, 2.24) is 0 Å². The zero-order valence-corrected chi connectivity index (χ0v) is 17.2. The van der Waals surface area contributed by atoms with Crippen molar-refractivity contribution in [3.63, 3.8) is 0 Å². The van der Waals surface area contributed by atoms with Gasteiger partial charge in [-0.3, -0.25) is 0 Å². The van der Waals surface area contributed by atoms with Gasteiger partial charge >= 0.3 is 0 Å². The lowest BCUT2D eigenvalue weighted by Gasteiger charge is -2.28. The first-order valence-electron chi connectivity index (χ1n) is 10.3. The van der Waals surface area contributed by atoms with Crippen molar-refractivity contribution in [1.29, 1.82) is 0 Å². The second-order valence-corrected chi connectivity index (χ2v) is 8.42. The fourth-order valence-electron chi connectivity index (χ4n) is 3.82. The van der Waals surface area contributed by atoms with Gasteiger partial charge in [0.1, 0.15) is 6.29 Å². The molecule has 2 aromatic carbocycles. The van der Waals surface area contributed by atoms with E-state index in [1.165, 1.54) is 0 Å². The van der Waals surface area contributed by atoms with Gasteiger partial charge in [-0.05, 0) is 56.6 Å². The molecule has 0 aliphatic rings. The number of rotatable bonds is 12. The maximum absolute atomic E-state index is 11.7. The largest absolute Gasteiger partial charge is 0.395 e. The first kappa shape index (κ1) is 22.3. The molecule has 0 saturated heterocycles. The molecule has 3 atom stereocenters. The number of benzene rings is 2. The lowest BCUT2D eigenvalue weighted by molar-refractivity contribution is -0.112. The summed E-state index contributed by atoms with van der Waals surface area (Å²) in [6.45, 7) is 4.14. The summed E-state index contributed by atoms with van der Waals surface area (Å²) in [7, 11) is 0. The molecule has 0 bridgehead atoms. The van der Waals surface area contributed by atoms with Gasteiger partial charge < -0.3 is 15.0 Å². The highest BCUT2D eigenvalue weighted by Crippen LogP contribution is 2.30. The molecule has 0 aliphatic heterocycles. The summed E-state index contributed by atoms with van der Waals surface area (Å²) in [6.07, 6.45) is 5.30. The molecule has 3 heteroatoms. The molecule has 2 aromatic rings. The zero-order valence-electron chi connectivity index (χ0n) is 17.2. The summed E-state index contributed by atoms with van der Waals surface area (Å²) in [4.78, 5) is 11.7. The molecular weight excluding hydrogens is 348 g/mol. The molecular formula is C25H34O3. The van der Waals surface area contributed by atoms with E-state index in [-0.39, 0.29) is 18.1 Å². The summed E-state index contributed by atoms with van der Waals surface area (Å²) in [6, 6.07) is 19.9. The molecule has 2 rings (SSSR count). The topological polar surface area (TPSA) is 57.5 Å². The Morgan fingerprint density at radius 3 is 1.86 bits per heavy atom. The lowest BCUT2D eigenvalue weighted by Crippen LogP contribution is -2.27. The standard InChI is InChI=1S/C25H34O3/c1-24(19-26,21-11-5-3-6-12-21)17-9-15-23(28)16-10-18-25(2,20-27)22-13-7-4-8-14-22/h3-8,11-14,19,23,27-28H,9-10,15-18,20H2,1-2H3.